The Bertz CT molecular complexity index is 914. The molecule has 122 valence electrons. The van der Waals surface area contributed by atoms with Crippen molar-refractivity contribution in [3.63, 3.8) is 0 Å². The Morgan fingerprint density at radius 3 is 2.79 bits per heavy atom. The Hall–Kier alpha value is -3.15. The molecule has 0 aliphatic heterocycles. The maximum absolute atomic E-state index is 10.8. The van der Waals surface area contributed by atoms with Gasteiger partial charge in [0, 0.05) is 13.1 Å². The van der Waals surface area contributed by atoms with Crippen LogP contribution < -0.4 is 4.74 Å². The van der Waals surface area contributed by atoms with Crippen molar-refractivity contribution in [2.75, 3.05) is 0 Å². The minimum Gasteiger partial charge on any atom is -0.487 e. The second-order valence-corrected chi connectivity index (χ2v) is 5.45. The third-order valence-corrected chi connectivity index (χ3v) is 3.78. The number of carboxylic acids is 1. The number of ether oxygens (including phenoxy) is 1. The van der Waals surface area contributed by atoms with E-state index in [9.17, 15) is 4.79 Å². The van der Waals surface area contributed by atoms with E-state index in [4.69, 9.17) is 9.84 Å². The first kappa shape index (κ1) is 15.7. The molecular weight excluding hydrogens is 306 g/mol. The second-order valence-electron chi connectivity index (χ2n) is 5.45. The van der Waals surface area contributed by atoms with E-state index in [0.29, 0.717) is 17.9 Å². The first-order valence-corrected chi connectivity index (χ1v) is 7.47. The molecule has 1 aromatic heterocycles. The lowest BCUT2D eigenvalue weighted by atomic mass is 10.1. The predicted molar refractivity (Wildman–Crippen MR) is 90.7 cm³/mol. The number of aryl methyl sites for hydroxylation is 2. The van der Waals surface area contributed by atoms with Crippen molar-refractivity contribution in [2.45, 2.75) is 13.5 Å². The van der Waals surface area contributed by atoms with Crippen LogP contribution in [-0.4, -0.2) is 26.1 Å². The molecule has 0 saturated carbocycles. The topological polar surface area (TPSA) is 77.2 Å². The quantitative estimate of drug-likeness (QED) is 0.730. The predicted octanol–water partition coefficient (Wildman–Crippen LogP) is 2.95. The molecule has 0 radical (unpaired) electrons. The number of benzene rings is 2. The van der Waals surface area contributed by atoms with Crippen LogP contribution in [0.1, 0.15) is 16.7 Å². The van der Waals surface area contributed by atoms with Crippen molar-refractivity contribution in [3.8, 4) is 5.75 Å². The average Bonchev–Trinajstić information content (AvgIpc) is 2.97. The molecule has 0 saturated heterocycles. The summed E-state index contributed by atoms with van der Waals surface area (Å²) in [5, 5.41) is 17.1. The molecule has 6 nitrogen and oxygen atoms in total. The number of hydrogen-bond donors (Lipinski definition) is 1. The monoisotopic (exact) mass is 323 g/mol. The molecule has 3 rings (SSSR count). The van der Waals surface area contributed by atoms with Gasteiger partial charge in [-0.25, -0.2) is 9.48 Å². The van der Waals surface area contributed by atoms with Crippen LogP contribution in [-0.2, 0) is 18.4 Å². The summed E-state index contributed by atoms with van der Waals surface area (Å²) in [6.07, 6.45) is 2.65. The van der Waals surface area contributed by atoms with Crippen molar-refractivity contribution in [1.82, 2.24) is 15.0 Å². The lowest BCUT2D eigenvalue weighted by Crippen LogP contribution is -2.00. The zero-order chi connectivity index (χ0) is 17.1. The summed E-state index contributed by atoms with van der Waals surface area (Å²) in [6.45, 7) is 2.30. The molecule has 0 amide bonds. The molecule has 2 aromatic carbocycles. The Balaban J connectivity index is 2.03. The molecule has 0 spiro atoms. The molecule has 6 heteroatoms. The first-order valence-electron chi connectivity index (χ1n) is 7.47. The van der Waals surface area contributed by atoms with Gasteiger partial charge in [-0.1, -0.05) is 35.5 Å². The highest BCUT2D eigenvalue weighted by atomic mass is 16.5. The van der Waals surface area contributed by atoms with E-state index in [0.717, 1.165) is 28.3 Å². The fourth-order valence-electron chi connectivity index (χ4n) is 2.52. The highest BCUT2D eigenvalue weighted by molar-refractivity contribution is 5.91. The van der Waals surface area contributed by atoms with E-state index in [1.54, 1.807) is 17.8 Å². The van der Waals surface area contributed by atoms with E-state index in [1.165, 1.54) is 0 Å². The van der Waals surface area contributed by atoms with E-state index in [1.807, 2.05) is 43.3 Å². The van der Waals surface area contributed by atoms with Gasteiger partial charge in [-0.15, -0.1) is 5.10 Å². The fraction of sp³-hybridized carbons (Fsp3) is 0.167. The van der Waals surface area contributed by atoms with Crippen LogP contribution in [0.5, 0.6) is 5.75 Å². The third kappa shape index (κ3) is 3.12. The van der Waals surface area contributed by atoms with Crippen LogP contribution in [0.25, 0.3) is 17.1 Å². The third-order valence-electron chi connectivity index (χ3n) is 3.78. The van der Waals surface area contributed by atoms with Crippen LogP contribution in [0.4, 0.5) is 0 Å². The van der Waals surface area contributed by atoms with Crippen molar-refractivity contribution in [2.24, 2.45) is 7.05 Å². The molecular formula is C18H17N3O3. The SMILES string of the molecule is Cc1c(/C=C/C(=O)O)cc(OCc2ccccc2)c2c1nnn2C. The summed E-state index contributed by atoms with van der Waals surface area (Å²) < 4.78 is 7.62. The molecule has 0 aliphatic carbocycles. The normalized spacial score (nSPS) is 11.2. The summed E-state index contributed by atoms with van der Waals surface area (Å²) in [4.78, 5) is 10.8. The highest BCUT2D eigenvalue weighted by Crippen LogP contribution is 2.30. The number of carboxylic acid groups (broad SMARTS) is 1. The standard InChI is InChI=1S/C18H17N3O3/c1-12-14(8-9-16(22)23)10-15(18-17(12)19-20-21(18)2)24-11-13-6-4-3-5-7-13/h3-10H,11H2,1-2H3,(H,22,23)/b9-8+. The second kappa shape index (κ2) is 6.54. The maximum Gasteiger partial charge on any atom is 0.328 e. The van der Waals surface area contributed by atoms with Crippen molar-refractivity contribution in [3.05, 3.63) is 59.2 Å². The minimum absolute atomic E-state index is 0.409. The minimum atomic E-state index is -1.000. The van der Waals surface area contributed by atoms with Gasteiger partial charge < -0.3 is 9.84 Å². The Morgan fingerprint density at radius 1 is 1.33 bits per heavy atom. The number of hydrogen-bond acceptors (Lipinski definition) is 4. The molecule has 1 heterocycles. The summed E-state index contributed by atoms with van der Waals surface area (Å²) in [5.41, 5.74) is 4.14. The Kier molecular flexibility index (Phi) is 4.29. The zero-order valence-corrected chi connectivity index (χ0v) is 13.4. The van der Waals surface area contributed by atoms with E-state index < -0.39 is 5.97 Å². The summed E-state index contributed by atoms with van der Waals surface area (Å²) in [7, 11) is 1.80. The number of aromatic nitrogens is 3. The van der Waals surface area contributed by atoms with Gasteiger partial charge in [-0.05, 0) is 35.8 Å². The van der Waals surface area contributed by atoms with Gasteiger partial charge in [0.1, 0.15) is 23.4 Å². The lowest BCUT2D eigenvalue weighted by molar-refractivity contribution is -0.131. The molecule has 0 bridgehead atoms. The van der Waals surface area contributed by atoms with Crippen molar-refractivity contribution >= 4 is 23.1 Å². The molecule has 3 aromatic rings. The van der Waals surface area contributed by atoms with Gasteiger partial charge in [0.25, 0.3) is 0 Å². The first-order chi connectivity index (χ1) is 11.6. The smallest absolute Gasteiger partial charge is 0.328 e. The van der Waals surface area contributed by atoms with Crippen LogP contribution in [0, 0.1) is 6.92 Å². The number of aliphatic carboxylic acids is 1. The molecule has 0 fully saturated rings. The molecule has 24 heavy (non-hydrogen) atoms. The van der Waals surface area contributed by atoms with E-state index in [-0.39, 0.29) is 0 Å². The molecule has 1 N–H and O–H groups in total. The number of fused-ring (bicyclic) bond motifs is 1. The van der Waals surface area contributed by atoms with E-state index >= 15 is 0 Å². The lowest BCUT2D eigenvalue weighted by Gasteiger charge is -2.11. The number of carbonyl (C=O) groups is 1. The largest absolute Gasteiger partial charge is 0.487 e. The van der Waals surface area contributed by atoms with Gasteiger partial charge in [0.2, 0.25) is 0 Å². The van der Waals surface area contributed by atoms with Crippen LogP contribution in [0.15, 0.2) is 42.5 Å². The van der Waals surface area contributed by atoms with Gasteiger partial charge in [-0.2, -0.15) is 0 Å². The zero-order valence-electron chi connectivity index (χ0n) is 13.4. The van der Waals surface area contributed by atoms with E-state index in [2.05, 4.69) is 10.3 Å². The Morgan fingerprint density at radius 2 is 2.08 bits per heavy atom. The van der Waals surface area contributed by atoms with Gasteiger partial charge in [0.15, 0.2) is 0 Å². The summed E-state index contributed by atoms with van der Waals surface area (Å²) >= 11 is 0. The maximum atomic E-state index is 10.8. The van der Waals surface area contributed by atoms with Crippen LogP contribution in [0.3, 0.4) is 0 Å². The van der Waals surface area contributed by atoms with Gasteiger partial charge >= 0.3 is 5.97 Å². The number of nitrogens with zero attached hydrogens (tertiary/aromatic N) is 3. The van der Waals surface area contributed by atoms with Crippen LogP contribution in [0.2, 0.25) is 0 Å². The molecule has 0 atom stereocenters. The van der Waals surface area contributed by atoms with Crippen molar-refractivity contribution in [1.29, 1.82) is 0 Å². The van der Waals surface area contributed by atoms with Crippen molar-refractivity contribution < 1.29 is 14.6 Å². The highest BCUT2D eigenvalue weighted by Gasteiger charge is 2.15. The molecule has 0 unspecified atom stereocenters. The summed E-state index contributed by atoms with van der Waals surface area (Å²) in [6, 6.07) is 11.7. The fourth-order valence-corrected chi connectivity index (χ4v) is 2.52. The van der Waals surface area contributed by atoms with Gasteiger partial charge in [-0.3, -0.25) is 0 Å². The number of rotatable bonds is 5. The average molecular weight is 323 g/mol. The summed E-state index contributed by atoms with van der Waals surface area (Å²) in [5.74, 6) is -0.377. The van der Waals surface area contributed by atoms with Crippen LogP contribution >= 0.6 is 0 Å². The Labute approximate surface area is 139 Å². The van der Waals surface area contributed by atoms with Gasteiger partial charge in [0.05, 0.1) is 0 Å². The molecule has 0 aliphatic rings.